The van der Waals surface area contributed by atoms with Crippen LogP contribution in [0.15, 0.2) is 36.5 Å². The first-order valence-electron chi connectivity index (χ1n) is 12.3. The molecule has 0 radical (unpaired) electrons. The zero-order chi connectivity index (χ0) is 21.7. The highest BCUT2D eigenvalue weighted by Gasteiger charge is 2.54. The summed E-state index contributed by atoms with van der Waals surface area (Å²) in [5.41, 5.74) is 6.09. The molecule has 0 spiro atoms. The first kappa shape index (κ1) is 18.1. The normalized spacial score (nSPS) is 29.8. The lowest BCUT2D eigenvalue weighted by Crippen LogP contribution is -2.35. The van der Waals surface area contributed by atoms with Crippen molar-refractivity contribution in [1.29, 1.82) is 0 Å². The lowest BCUT2D eigenvalue weighted by atomic mass is 9.67. The van der Waals surface area contributed by atoms with Gasteiger partial charge in [0.2, 0.25) is 5.91 Å². The maximum atomic E-state index is 12.4. The van der Waals surface area contributed by atoms with Crippen molar-refractivity contribution >= 4 is 39.2 Å². The Morgan fingerprint density at radius 3 is 2.73 bits per heavy atom. The number of carbonyl (C=O) groups is 1. The number of rotatable bonds is 3. The number of nitrogens with zero attached hydrogens (tertiary/aromatic N) is 2. The van der Waals surface area contributed by atoms with Crippen LogP contribution in [-0.2, 0) is 4.79 Å². The average Bonchev–Trinajstić information content (AvgIpc) is 3.20. The average molecular weight is 439 g/mol. The van der Waals surface area contributed by atoms with Crippen LogP contribution in [-0.4, -0.2) is 26.3 Å². The summed E-state index contributed by atoms with van der Waals surface area (Å²) in [5.74, 6) is 3.56. The second kappa shape index (κ2) is 6.37. The van der Waals surface area contributed by atoms with Crippen molar-refractivity contribution in [3.05, 3.63) is 47.7 Å². The molecule has 7 nitrogen and oxygen atoms in total. The summed E-state index contributed by atoms with van der Waals surface area (Å²) in [6, 6.07) is 11.2. The largest absolute Gasteiger partial charge is 0.378 e. The molecule has 2 bridgehead atoms. The molecule has 8 rings (SSSR count). The number of hydrogen-bond donors (Lipinski definition) is 4. The fraction of sp³-hybridized carbons (Fsp3) is 0.423. The van der Waals surface area contributed by atoms with Crippen molar-refractivity contribution < 1.29 is 4.79 Å². The highest BCUT2D eigenvalue weighted by molar-refractivity contribution is 6.01. The van der Waals surface area contributed by atoms with Crippen LogP contribution in [0.5, 0.6) is 0 Å². The van der Waals surface area contributed by atoms with Gasteiger partial charge in [-0.1, -0.05) is 6.07 Å². The van der Waals surface area contributed by atoms with Crippen LogP contribution in [0, 0.1) is 23.7 Å². The van der Waals surface area contributed by atoms with E-state index in [0.717, 1.165) is 41.1 Å². The molecule has 4 N–H and O–H groups in total. The van der Waals surface area contributed by atoms with E-state index >= 15 is 0 Å². The number of fused-ring (bicyclic) bond motifs is 10. The molecule has 5 atom stereocenters. The minimum absolute atomic E-state index is 0.0933. The summed E-state index contributed by atoms with van der Waals surface area (Å²) in [6.45, 7) is 0. The topological polar surface area (TPSA) is 98.5 Å². The number of benzene rings is 2. The summed E-state index contributed by atoms with van der Waals surface area (Å²) in [7, 11) is 0. The number of anilines is 2. The van der Waals surface area contributed by atoms with Crippen LogP contribution in [0.2, 0.25) is 0 Å². The first-order chi connectivity index (χ1) is 16.2. The molecule has 5 unspecified atom stereocenters. The van der Waals surface area contributed by atoms with Crippen molar-refractivity contribution in [2.45, 2.75) is 44.1 Å². The van der Waals surface area contributed by atoms with E-state index in [0.29, 0.717) is 17.7 Å². The Morgan fingerprint density at radius 1 is 0.970 bits per heavy atom. The van der Waals surface area contributed by atoms with Crippen LogP contribution in [0.4, 0.5) is 11.5 Å². The Kier molecular flexibility index (Phi) is 3.50. The second-order valence-corrected chi connectivity index (χ2v) is 10.6. The minimum Gasteiger partial charge on any atom is -0.378 e. The van der Waals surface area contributed by atoms with Crippen molar-refractivity contribution in [3.8, 4) is 0 Å². The van der Waals surface area contributed by atoms with Crippen LogP contribution < -0.4 is 10.6 Å². The number of H-pyrrole nitrogens is 2. The van der Waals surface area contributed by atoms with Crippen molar-refractivity contribution in [1.82, 2.24) is 20.4 Å². The number of hydrogen-bond acceptors (Lipinski definition) is 4. The third-order valence-corrected chi connectivity index (χ3v) is 8.81. The lowest BCUT2D eigenvalue weighted by molar-refractivity contribution is -0.117. The molecule has 1 amide bonds. The fourth-order valence-electron chi connectivity index (χ4n) is 7.22. The van der Waals surface area contributed by atoms with Gasteiger partial charge in [0.05, 0.1) is 23.3 Å². The van der Waals surface area contributed by atoms with Crippen molar-refractivity contribution in [3.63, 3.8) is 0 Å². The molecule has 4 aliphatic rings. The number of aromatic amines is 2. The van der Waals surface area contributed by atoms with Gasteiger partial charge in [0.25, 0.3) is 0 Å². The monoisotopic (exact) mass is 438 g/mol. The summed E-state index contributed by atoms with van der Waals surface area (Å²) >= 11 is 0. The van der Waals surface area contributed by atoms with Gasteiger partial charge in [0, 0.05) is 22.4 Å². The van der Waals surface area contributed by atoms with Crippen LogP contribution in [0.3, 0.4) is 0 Å². The van der Waals surface area contributed by atoms with Gasteiger partial charge in [-0.25, -0.2) is 0 Å². The predicted molar refractivity (Wildman–Crippen MR) is 127 cm³/mol. The molecule has 166 valence electrons. The van der Waals surface area contributed by atoms with Crippen molar-refractivity contribution in [2.75, 3.05) is 10.6 Å². The number of nitrogens with one attached hydrogen (secondary N) is 4. The van der Waals surface area contributed by atoms with E-state index in [4.69, 9.17) is 0 Å². The van der Waals surface area contributed by atoms with E-state index in [2.05, 4.69) is 61.4 Å². The summed E-state index contributed by atoms with van der Waals surface area (Å²) in [4.78, 5) is 12.4. The van der Waals surface area contributed by atoms with Gasteiger partial charge < -0.3 is 10.6 Å². The first-order valence-corrected chi connectivity index (χ1v) is 12.3. The number of aromatic nitrogens is 4. The van der Waals surface area contributed by atoms with E-state index in [-0.39, 0.29) is 17.9 Å². The van der Waals surface area contributed by atoms with Crippen LogP contribution >= 0.6 is 0 Å². The molecule has 2 aromatic heterocycles. The quantitative estimate of drug-likeness (QED) is 0.358. The molecular weight excluding hydrogens is 412 g/mol. The summed E-state index contributed by atoms with van der Waals surface area (Å²) in [6.07, 6.45) is 7.98. The third kappa shape index (κ3) is 2.53. The van der Waals surface area contributed by atoms with Crippen LogP contribution in [0.1, 0.15) is 55.2 Å². The number of amides is 1. The van der Waals surface area contributed by atoms with E-state index in [1.165, 1.54) is 41.5 Å². The highest BCUT2D eigenvalue weighted by Crippen LogP contribution is 2.64. The maximum Gasteiger partial charge on any atom is 0.228 e. The zero-order valence-electron chi connectivity index (χ0n) is 18.3. The van der Waals surface area contributed by atoms with E-state index in [1.807, 2.05) is 6.20 Å². The molecule has 2 aromatic carbocycles. The Bertz CT molecular complexity index is 1430. The van der Waals surface area contributed by atoms with Crippen LogP contribution in [0.25, 0.3) is 21.8 Å². The third-order valence-electron chi connectivity index (χ3n) is 8.81. The standard InChI is InChI=1S/C26H26N6O/c33-26(12-1-2-12)29-25-16-10-15(5-6-18(16)31-32-25)24-22-14-4-3-13(9-14)21(22)23-17-11-27-30-19(17)7-8-20(23)28-24/h5-8,10-14,21-22,24,28H,1-4,9H2,(H,27,30)(H2,29,31,32,33). The molecule has 3 fully saturated rings. The highest BCUT2D eigenvalue weighted by atomic mass is 16.2. The van der Waals surface area contributed by atoms with Gasteiger partial charge in [0.1, 0.15) is 0 Å². The van der Waals surface area contributed by atoms with Crippen molar-refractivity contribution in [2.24, 2.45) is 23.7 Å². The van der Waals surface area contributed by atoms with E-state index < -0.39 is 0 Å². The van der Waals surface area contributed by atoms with Gasteiger partial charge in [-0.15, -0.1) is 0 Å². The fourth-order valence-corrected chi connectivity index (χ4v) is 7.22. The zero-order valence-corrected chi connectivity index (χ0v) is 18.3. The Morgan fingerprint density at radius 2 is 1.82 bits per heavy atom. The SMILES string of the molecule is O=C(Nc1n[nH]c2ccc(C3Nc4ccc5[nH]ncc5c4C4C5CCC(C5)C34)cc12)C1CC1. The van der Waals surface area contributed by atoms with E-state index in [9.17, 15) is 4.79 Å². The molecular formula is C26H26N6O. The van der Waals surface area contributed by atoms with Gasteiger partial charge in [-0.3, -0.25) is 15.0 Å². The molecule has 3 saturated carbocycles. The molecule has 3 aliphatic carbocycles. The molecule has 4 aromatic rings. The Balaban J connectivity index is 1.24. The molecule has 0 saturated heterocycles. The van der Waals surface area contributed by atoms with Gasteiger partial charge in [-0.2, -0.15) is 10.2 Å². The Labute approximate surface area is 190 Å². The summed E-state index contributed by atoms with van der Waals surface area (Å²) < 4.78 is 0. The minimum atomic E-state index is 0.0933. The predicted octanol–water partition coefficient (Wildman–Crippen LogP) is 5.08. The second-order valence-electron chi connectivity index (χ2n) is 10.6. The molecule has 3 heterocycles. The van der Waals surface area contributed by atoms with E-state index in [1.54, 1.807) is 0 Å². The smallest absolute Gasteiger partial charge is 0.228 e. The Hall–Kier alpha value is -3.35. The van der Waals surface area contributed by atoms with Gasteiger partial charge >= 0.3 is 0 Å². The molecule has 7 heteroatoms. The lowest BCUT2D eigenvalue weighted by Gasteiger charge is -2.43. The van der Waals surface area contributed by atoms with Gasteiger partial charge in [-0.05, 0) is 91.2 Å². The molecule has 1 aliphatic heterocycles. The molecule has 33 heavy (non-hydrogen) atoms. The number of carbonyl (C=O) groups excluding carboxylic acids is 1. The summed E-state index contributed by atoms with van der Waals surface area (Å²) in [5, 5.41) is 24.3. The maximum absolute atomic E-state index is 12.4. The van der Waals surface area contributed by atoms with Gasteiger partial charge in [0.15, 0.2) is 5.82 Å².